The van der Waals surface area contributed by atoms with Crippen molar-refractivity contribution in [1.29, 1.82) is 0 Å². The molecule has 0 bridgehead atoms. The van der Waals surface area contributed by atoms with Crippen molar-refractivity contribution in [2.45, 2.75) is 68.9 Å². The lowest BCUT2D eigenvalue weighted by atomic mass is 9.85. The van der Waals surface area contributed by atoms with Crippen molar-refractivity contribution in [2.75, 3.05) is 13.1 Å². The highest BCUT2D eigenvalue weighted by atomic mass is 16.3. The molecule has 2 unspecified atom stereocenters. The number of aryl methyl sites for hydroxylation is 2. The predicted molar refractivity (Wildman–Crippen MR) is 136 cm³/mol. The number of aromatic hydroxyl groups is 1. The zero-order valence-corrected chi connectivity index (χ0v) is 19.9. The topological polar surface area (TPSA) is 62.4 Å². The minimum atomic E-state index is 0.137. The normalized spacial score (nSPS) is 32.5. The van der Waals surface area contributed by atoms with E-state index in [0.717, 1.165) is 49.0 Å². The Balaban J connectivity index is 1.09. The molecule has 4 fully saturated rings. The highest BCUT2D eigenvalue weighted by Crippen LogP contribution is 2.83. The van der Waals surface area contributed by atoms with Gasteiger partial charge in [0.15, 0.2) is 0 Å². The summed E-state index contributed by atoms with van der Waals surface area (Å²) < 4.78 is 0. The molecule has 0 amide bonds. The summed E-state index contributed by atoms with van der Waals surface area (Å²) in [6.07, 6.45) is 13.1. The molecule has 3 aliphatic carbocycles. The van der Waals surface area contributed by atoms with Crippen LogP contribution in [0.1, 0.15) is 61.1 Å². The Morgan fingerprint density at radius 2 is 1.85 bits per heavy atom. The third-order valence-corrected chi connectivity index (χ3v) is 9.90. The number of hydrogen-bond acceptors (Lipinski definition) is 4. The molecular formula is C30H35N3O. The smallest absolute Gasteiger partial charge is 0.141 e. The molecule has 2 heterocycles. The molecule has 0 radical (unpaired) electrons. The number of likely N-dealkylation sites (tertiary alicyclic amines) is 1. The molecule has 1 spiro atoms. The van der Waals surface area contributed by atoms with Crippen LogP contribution in [0.25, 0.3) is 10.8 Å². The second-order valence-corrected chi connectivity index (χ2v) is 11.6. The Hall–Kier alpha value is -2.43. The first-order valence-electron chi connectivity index (χ1n) is 13.2. The van der Waals surface area contributed by atoms with E-state index >= 15 is 0 Å². The summed E-state index contributed by atoms with van der Waals surface area (Å²) in [6.45, 7) is 2.31. The molecule has 3 saturated carbocycles. The van der Waals surface area contributed by atoms with Gasteiger partial charge in [-0.1, -0.05) is 36.4 Å². The number of pyridine rings is 1. The summed E-state index contributed by atoms with van der Waals surface area (Å²) in [5, 5.41) is 12.7. The lowest BCUT2D eigenvalue weighted by Crippen LogP contribution is -2.51. The maximum Gasteiger partial charge on any atom is 0.141 e. The van der Waals surface area contributed by atoms with Crippen LogP contribution >= 0.6 is 0 Å². The first-order valence-corrected chi connectivity index (χ1v) is 13.2. The minimum Gasteiger partial charge on any atom is -0.506 e. The van der Waals surface area contributed by atoms with Gasteiger partial charge in [-0.05, 0) is 104 Å². The van der Waals surface area contributed by atoms with Crippen molar-refractivity contribution in [3.63, 3.8) is 0 Å². The lowest BCUT2D eigenvalue weighted by Gasteiger charge is -2.40. The van der Waals surface area contributed by atoms with Crippen LogP contribution < -0.4 is 5.73 Å². The fourth-order valence-corrected chi connectivity index (χ4v) is 7.83. The molecule has 4 heteroatoms. The minimum absolute atomic E-state index is 0.137. The average molecular weight is 454 g/mol. The van der Waals surface area contributed by atoms with Gasteiger partial charge in [0.1, 0.15) is 5.75 Å². The summed E-state index contributed by atoms with van der Waals surface area (Å²) >= 11 is 0. The van der Waals surface area contributed by atoms with E-state index in [-0.39, 0.29) is 5.54 Å². The van der Waals surface area contributed by atoms with Crippen LogP contribution in [0.5, 0.6) is 5.75 Å². The van der Waals surface area contributed by atoms with E-state index < -0.39 is 0 Å². The van der Waals surface area contributed by atoms with Crippen LogP contribution in [0.4, 0.5) is 0 Å². The molecule has 2 aromatic carbocycles. The molecule has 4 aliphatic rings. The SMILES string of the molecule is N[C@]12CC13C[C@H]3CC2N1CCC(c2cc(CCCc3ccccc3)c3cncc(O)c3c2)CC1. The summed E-state index contributed by atoms with van der Waals surface area (Å²) in [5.74, 6) is 1.78. The summed E-state index contributed by atoms with van der Waals surface area (Å²) in [4.78, 5) is 7.02. The van der Waals surface area contributed by atoms with Crippen molar-refractivity contribution >= 4 is 10.8 Å². The lowest BCUT2D eigenvalue weighted by molar-refractivity contribution is 0.123. The third kappa shape index (κ3) is 3.15. The molecule has 1 saturated heterocycles. The van der Waals surface area contributed by atoms with Crippen molar-refractivity contribution in [2.24, 2.45) is 17.1 Å². The number of rotatable bonds is 6. The Bertz CT molecular complexity index is 1230. The van der Waals surface area contributed by atoms with Gasteiger partial charge < -0.3 is 10.8 Å². The second kappa shape index (κ2) is 7.53. The highest BCUT2D eigenvalue weighted by Gasteiger charge is 2.85. The number of piperidine rings is 1. The van der Waals surface area contributed by atoms with E-state index in [0.29, 0.717) is 23.1 Å². The van der Waals surface area contributed by atoms with Crippen molar-refractivity contribution in [3.05, 3.63) is 71.5 Å². The molecule has 4 atom stereocenters. The van der Waals surface area contributed by atoms with E-state index in [9.17, 15) is 5.11 Å². The average Bonchev–Trinajstić information content (AvgIpc) is 3.71. The molecule has 4 nitrogen and oxygen atoms in total. The van der Waals surface area contributed by atoms with Gasteiger partial charge in [0, 0.05) is 28.6 Å². The van der Waals surface area contributed by atoms with Crippen LogP contribution in [0.15, 0.2) is 54.9 Å². The Labute approximate surface area is 202 Å². The van der Waals surface area contributed by atoms with Gasteiger partial charge in [-0.2, -0.15) is 0 Å². The van der Waals surface area contributed by atoms with Crippen LogP contribution in [0, 0.1) is 11.3 Å². The molecular weight excluding hydrogens is 418 g/mol. The summed E-state index contributed by atoms with van der Waals surface area (Å²) in [6, 6.07) is 16.0. The van der Waals surface area contributed by atoms with Crippen LogP contribution in [0.3, 0.4) is 0 Å². The van der Waals surface area contributed by atoms with Crippen molar-refractivity contribution < 1.29 is 5.11 Å². The van der Waals surface area contributed by atoms with Gasteiger partial charge in [0.2, 0.25) is 0 Å². The van der Waals surface area contributed by atoms with Gasteiger partial charge in [-0.3, -0.25) is 9.88 Å². The van der Waals surface area contributed by atoms with E-state index in [4.69, 9.17) is 5.73 Å². The van der Waals surface area contributed by atoms with Gasteiger partial charge in [0.25, 0.3) is 0 Å². The number of benzene rings is 2. The largest absolute Gasteiger partial charge is 0.506 e. The van der Waals surface area contributed by atoms with Gasteiger partial charge in [-0.25, -0.2) is 0 Å². The highest BCUT2D eigenvalue weighted by molar-refractivity contribution is 5.90. The number of fused-ring (bicyclic) bond motifs is 1. The zero-order valence-electron chi connectivity index (χ0n) is 19.9. The van der Waals surface area contributed by atoms with Gasteiger partial charge in [0.05, 0.1) is 6.20 Å². The van der Waals surface area contributed by atoms with E-state index in [2.05, 4.69) is 52.3 Å². The van der Waals surface area contributed by atoms with Crippen LogP contribution in [-0.2, 0) is 12.8 Å². The fraction of sp³-hybridized carbons (Fsp3) is 0.500. The fourth-order valence-electron chi connectivity index (χ4n) is 7.83. The molecule has 7 rings (SSSR count). The standard InChI is InChI=1S/C30H35N3O/c31-30-19-29(30)16-24(29)15-28(30)33-11-9-21(10-12-33)23-13-22(8-4-7-20-5-2-1-3-6-20)26-17-32-18-27(34)25(26)14-23/h1-3,5-6,13-14,17-18,21,24,28,34H,4,7-12,15-16,19,31H2/t24-,28?,29?,30+/m1/s1. The van der Waals surface area contributed by atoms with E-state index in [1.54, 1.807) is 6.20 Å². The zero-order chi connectivity index (χ0) is 22.9. The summed E-state index contributed by atoms with van der Waals surface area (Å²) in [5.41, 5.74) is 11.7. The second-order valence-electron chi connectivity index (χ2n) is 11.6. The van der Waals surface area contributed by atoms with Crippen molar-refractivity contribution in [3.8, 4) is 5.75 Å². The number of nitrogens with zero attached hydrogens (tertiary/aromatic N) is 2. The molecule has 1 aliphatic heterocycles. The Kier molecular flexibility index (Phi) is 4.63. The molecule has 1 aromatic heterocycles. The number of hydrogen-bond donors (Lipinski definition) is 2. The predicted octanol–water partition coefficient (Wildman–Crippen LogP) is 5.17. The van der Waals surface area contributed by atoms with Crippen LogP contribution in [-0.4, -0.2) is 39.7 Å². The first-order chi connectivity index (χ1) is 16.6. The van der Waals surface area contributed by atoms with Gasteiger partial charge >= 0.3 is 0 Å². The Morgan fingerprint density at radius 3 is 2.59 bits per heavy atom. The number of aromatic nitrogens is 1. The van der Waals surface area contributed by atoms with E-state index in [1.165, 1.54) is 48.8 Å². The van der Waals surface area contributed by atoms with Gasteiger partial charge in [-0.15, -0.1) is 0 Å². The molecule has 3 aromatic rings. The Morgan fingerprint density at radius 1 is 1.03 bits per heavy atom. The van der Waals surface area contributed by atoms with E-state index in [1.807, 2.05) is 6.20 Å². The molecule has 3 N–H and O–H groups in total. The first kappa shape index (κ1) is 20.9. The number of nitrogens with two attached hydrogens (primary N) is 1. The quantitative estimate of drug-likeness (QED) is 0.540. The maximum absolute atomic E-state index is 10.6. The summed E-state index contributed by atoms with van der Waals surface area (Å²) in [7, 11) is 0. The third-order valence-electron chi connectivity index (χ3n) is 9.90. The van der Waals surface area contributed by atoms with Crippen LogP contribution in [0.2, 0.25) is 0 Å². The molecule has 34 heavy (non-hydrogen) atoms. The van der Waals surface area contributed by atoms with Crippen molar-refractivity contribution in [1.82, 2.24) is 9.88 Å². The molecule has 176 valence electrons. The monoisotopic (exact) mass is 453 g/mol. The maximum atomic E-state index is 10.6.